The summed E-state index contributed by atoms with van der Waals surface area (Å²) in [6.45, 7) is 2.39. The SMILES string of the molecule is Cc1ccc2nc(C(O)CCN)c(Cl)n2c1. The van der Waals surface area contributed by atoms with Crippen LogP contribution in [-0.4, -0.2) is 21.0 Å². The van der Waals surface area contributed by atoms with Crippen LogP contribution in [0.4, 0.5) is 0 Å². The zero-order valence-corrected chi connectivity index (χ0v) is 9.78. The van der Waals surface area contributed by atoms with E-state index in [-0.39, 0.29) is 0 Å². The molecule has 0 aliphatic heterocycles. The number of imidazole rings is 1. The Morgan fingerprint density at radius 3 is 3.00 bits per heavy atom. The van der Waals surface area contributed by atoms with Crippen molar-refractivity contribution in [2.24, 2.45) is 5.73 Å². The standard InChI is InChI=1S/C11H14ClN3O/c1-7-2-3-9-14-10(8(16)4-5-13)11(12)15(9)6-7/h2-3,6,8,16H,4-5,13H2,1H3. The van der Waals surface area contributed by atoms with Gasteiger partial charge in [-0.15, -0.1) is 0 Å². The monoisotopic (exact) mass is 239 g/mol. The maximum atomic E-state index is 9.83. The van der Waals surface area contributed by atoms with Gasteiger partial charge in [0.2, 0.25) is 0 Å². The molecule has 86 valence electrons. The Balaban J connectivity index is 2.51. The van der Waals surface area contributed by atoms with Gasteiger partial charge in [0.1, 0.15) is 22.6 Å². The lowest BCUT2D eigenvalue weighted by atomic mass is 10.2. The van der Waals surface area contributed by atoms with Gasteiger partial charge in [-0.3, -0.25) is 4.40 Å². The maximum absolute atomic E-state index is 9.83. The van der Waals surface area contributed by atoms with Crippen LogP contribution in [0, 0.1) is 6.92 Å². The Kier molecular flexibility index (Phi) is 3.14. The summed E-state index contributed by atoms with van der Waals surface area (Å²) < 4.78 is 1.77. The number of hydrogen-bond donors (Lipinski definition) is 2. The third kappa shape index (κ3) is 1.91. The molecular weight excluding hydrogens is 226 g/mol. The molecule has 0 saturated heterocycles. The first-order valence-electron chi connectivity index (χ1n) is 5.15. The number of hydrogen-bond acceptors (Lipinski definition) is 3. The number of aliphatic hydroxyl groups is 1. The van der Waals surface area contributed by atoms with Crippen LogP contribution in [-0.2, 0) is 0 Å². The molecule has 2 heterocycles. The molecule has 1 atom stereocenters. The van der Waals surface area contributed by atoms with E-state index < -0.39 is 6.10 Å². The second kappa shape index (κ2) is 4.41. The molecule has 0 aromatic carbocycles. The van der Waals surface area contributed by atoms with Crippen molar-refractivity contribution in [2.75, 3.05) is 6.54 Å². The molecule has 3 N–H and O–H groups in total. The molecule has 2 aromatic heterocycles. The fraction of sp³-hybridized carbons (Fsp3) is 0.364. The molecule has 4 nitrogen and oxygen atoms in total. The third-order valence-corrected chi connectivity index (χ3v) is 2.86. The van der Waals surface area contributed by atoms with Gasteiger partial charge in [0.25, 0.3) is 0 Å². The van der Waals surface area contributed by atoms with Crippen molar-refractivity contribution < 1.29 is 5.11 Å². The maximum Gasteiger partial charge on any atom is 0.139 e. The quantitative estimate of drug-likeness (QED) is 0.857. The van der Waals surface area contributed by atoms with Gasteiger partial charge < -0.3 is 10.8 Å². The molecule has 0 radical (unpaired) electrons. The van der Waals surface area contributed by atoms with E-state index in [1.165, 1.54) is 0 Å². The molecule has 5 heteroatoms. The predicted molar refractivity (Wildman–Crippen MR) is 63.6 cm³/mol. The van der Waals surface area contributed by atoms with Crippen molar-refractivity contribution in [2.45, 2.75) is 19.4 Å². The van der Waals surface area contributed by atoms with Gasteiger partial charge in [-0.1, -0.05) is 17.7 Å². The summed E-state index contributed by atoms with van der Waals surface area (Å²) in [6, 6.07) is 3.83. The number of fused-ring (bicyclic) bond motifs is 1. The summed E-state index contributed by atoms with van der Waals surface area (Å²) >= 11 is 6.16. The number of aromatic nitrogens is 2. The first-order chi connectivity index (χ1) is 7.63. The van der Waals surface area contributed by atoms with Gasteiger partial charge in [0.15, 0.2) is 0 Å². The van der Waals surface area contributed by atoms with Crippen molar-refractivity contribution >= 4 is 17.2 Å². The smallest absolute Gasteiger partial charge is 0.139 e. The molecule has 16 heavy (non-hydrogen) atoms. The van der Waals surface area contributed by atoms with E-state index in [0.29, 0.717) is 23.8 Å². The minimum Gasteiger partial charge on any atom is -0.387 e. The molecule has 0 bridgehead atoms. The summed E-state index contributed by atoms with van der Waals surface area (Å²) in [5, 5.41) is 10.3. The summed E-state index contributed by atoms with van der Waals surface area (Å²) in [5.74, 6) is 0. The number of rotatable bonds is 3. The number of pyridine rings is 1. The molecule has 0 aliphatic rings. The zero-order valence-electron chi connectivity index (χ0n) is 9.02. The molecular formula is C11H14ClN3O. The topological polar surface area (TPSA) is 63.5 Å². The summed E-state index contributed by atoms with van der Waals surface area (Å²) in [7, 11) is 0. The highest BCUT2D eigenvalue weighted by Gasteiger charge is 2.17. The van der Waals surface area contributed by atoms with Crippen molar-refractivity contribution in [3.05, 3.63) is 34.7 Å². The number of aliphatic hydroxyl groups excluding tert-OH is 1. The van der Waals surface area contributed by atoms with Gasteiger partial charge in [-0.05, 0) is 31.5 Å². The van der Waals surface area contributed by atoms with E-state index in [2.05, 4.69) is 4.98 Å². The largest absolute Gasteiger partial charge is 0.387 e. The van der Waals surface area contributed by atoms with Gasteiger partial charge >= 0.3 is 0 Å². The molecule has 0 saturated carbocycles. The molecule has 0 aliphatic carbocycles. The summed E-state index contributed by atoms with van der Waals surface area (Å²) in [5.41, 5.74) is 7.72. The molecule has 0 amide bonds. The molecule has 2 rings (SSSR count). The van der Waals surface area contributed by atoms with Crippen LogP contribution in [0.2, 0.25) is 5.15 Å². The van der Waals surface area contributed by atoms with Crippen LogP contribution in [0.15, 0.2) is 18.3 Å². The average molecular weight is 240 g/mol. The number of halogens is 1. The molecule has 1 unspecified atom stereocenters. The summed E-state index contributed by atoms with van der Waals surface area (Å²) in [6.07, 6.45) is 1.66. The minimum absolute atomic E-state index is 0.407. The van der Waals surface area contributed by atoms with Crippen molar-refractivity contribution in [3.63, 3.8) is 0 Å². The number of aryl methyl sites for hydroxylation is 1. The average Bonchev–Trinajstić information content (AvgIpc) is 2.57. The second-order valence-electron chi connectivity index (χ2n) is 3.82. The van der Waals surface area contributed by atoms with Gasteiger partial charge in [-0.25, -0.2) is 4.98 Å². The fourth-order valence-corrected chi connectivity index (χ4v) is 1.95. The second-order valence-corrected chi connectivity index (χ2v) is 4.17. The Hall–Kier alpha value is -1.10. The van der Waals surface area contributed by atoms with E-state index in [9.17, 15) is 5.11 Å². The van der Waals surface area contributed by atoms with E-state index in [0.717, 1.165) is 11.2 Å². The molecule has 0 fully saturated rings. The highest BCUT2D eigenvalue weighted by atomic mass is 35.5. The Bertz CT molecular complexity index is 509. The van der Waals surface area contributed by atoms with Crippen LogP contribution < -0.4 is 5.73 Å². The van der Waals surface area contributed by atoms with Gasteiger partial charge in [0, 0.05) is 6.20 Å². The lowest BCUT2D eigenvalue weighted by Gasteiger charge is -2.05. The number of nitrogens with zero attached hydrogens (tertiary/aromatic N) is 2. The predicted octanol–water partition coefficient (Wildman–Crippen LogP) is 1.68. The lowest BCUT2D eigenvalue weighted by Crippen LogP contribution is -2.07. The zero-order chi connectivity index (χ0) is 11.7. The van der Waals surface area contributed by atoms with Gasteiger partial charge in [0.05, 0.1) is 0 Å². The highest BCUT2D eigenvalue weighted by molar-refractivity contribution is 6.30. The number of nitrogens with two attached hydrogens (primary N) is 1. The minimum atomic E-state index is -0.697. The van der Waals surface area contributed by atoms with E-state index in [4.69, 9.17) is 17.3 Å². The third-order valence-electron chi connectivity index (χ3n) is 2.49. The van der Waals surface area contributed by atoms with Gasteiger partial charge in [-0.2, -0.15) is 0 Å². The Morgan fingerprint density at radius 1 is 1.56 bits per heavy atom. The fourth-order valence-electron chi connectivity index (χ4n) is 1.65. The van der Waals surface area contributed by atoms with Crippen molar-refractivity contribution in [3.8, 4) is 0 Å². The highest BCUT2D eigenvalue weighted by Crippen LogP contribution is 2.25. The van der Waals surface area contributed by atoms with Crippen LogP contribution in [0.3, 0.4) is 0 Å². The Labute approximate surface area is 98.7 Å². The first kappa shape index (κ1) is 11.4. The first-order valence-corrected chi connectivity index (χ1v) is 5.53. The van der Waals surface area contributed by atoms with Crippen LogP contribution >= 0.6 is 11.6 Å². The van der Waals surface area contributed by atoms with Crippen LogP contribution in [0.25, 0.3) is 5.65 Å². The molecule has 0 spiro atoms. The van der Waals surface area contributed by atoms with Crippen molar-refractivity contribution in [1.82, 2.24) is 9.38 Å². The normalized spacial score (nSPS) is 13.2. The molecule has 2 aromatic rings. The van der Waals surface area contributed by atoms with Crippen LogP contribution in [0.1, 0.15) is 23.8 Å². The lowest BCUT2D eigenvalue weighted by molar-refractivity contribution is 0.166. The van der Waals surface area contributed by atoms with Crippen molar-refractivity contribution in [1.29, 1.82) is 0 Å². The van der Waals surface area contributed by atoms with E-state index >= 15 is 0 Å². The van der Waals surface area contributed by atoms with E-state index in [1.54, 1.807) is 4.40 Å². The Morgan fingerprint density at radius 2 is 2.31 bits per heavy atom. The van der Waals surface area contributed by atoms with Crippen LogP contribution in [0.5, 0.6) is 0 Å². The van der Waals surface area contributed by atoms with E-state index in [1.807, 2.05) is 25.3 Å². The summed E-state index contributed by atoms with van der Waals surface area (Å²) in [4.78, 5) is 4.30.